The predicted molar refractivity (Wildman–Crippen MR) is 66.8 cm³/mol. The molecule has 1 heterocycles. The van der Waals surface area contributed by atoms with E-state index in [2.05, 4.69) is 20.4 Å². The molecule has 1 aromatic carbocycles. The van der Waals surface area contributed by atoms with Gasteiger partial charge in [0.25, 0.3) is 0 Å². The van der Waals surface area contributed by atoms with E-state index >= 15 is 0 Å². The number of rotatable bonds is 1. The monoisotopic (exact) mass is 248 g/mol. The molecule has 0 unspecified atom stereocenters. The van der Waals surface area contributed by atoms with Crippen molar-refractivity contribution in [2.24, 2.45) is 0 Å². The van der Waals surface area contributed by atoms with Gasteiger partial charge in [-0.3, -0.25) is 0 Å². The van der Waals surface area contributed by atoms with Crippen molar-refractivity contribution in [3.63, 3.8) is 0 Å². The van der Waals surface area contributed by atoms with Crippen LogP contribution in [0.1, 0.15) is 26.6 Å². The van der Waals surface area contributed by atoms with Crippen molar-refractivity contribution in [1.82, 2.24) is 20.4 Å². The van der Waals surface area contributed by atoms with Crippen molar-refractivity contribution in [3.05, 3.63) is 35.1 Å². The Morgan fingerprint density at radius 2 is 1.53 bits per heavy atom. The lowest BCUT2D eigenvalue weighted by Crippen LogP contribution is -2.18. The van der Waals surface area contributed by atoms with Crippen molar-refractivity contribution >= 4 is 11.6 Å². The first-order valence-electron chi connectivity index (χ1n) is 5.31. The van der Waals surface area contributed by atoms with Gasteiger partial charge in [0.15, 0.2) is 5.82 Å². The second-order valence-electron chi connectivity index (χ2n) is 4.78. The zero-order chi connectivity index (χ0) is 12.5. The molecule has 2 aromatic rings. The average molecular weight is 249 g/mol. The first-order valence-corrected chi connectivity index (χ1v) is 5.69. The third kappa shape index (κ3) is 2.58. The van der Waals surface area contributed by atoms with Gasteiger partial charge >= 0.3 is 0 Å². The van der Waals surface area contributed by atoms with E-state index in [4.69, 9.17) is 11.6 Å². The standard InChI is InChI=1S/C12H13ClN4/c1-12(2,3)11-16-14-10(15-17-11)8-6-4-5-7-9(8)13/h4-7H,1-3H3. The van der Waals surface area contributed by atoms with E-state index in [0.29, 0.717) is 16.7 Å². The van der Waals surface area contributed by atoms with Crippen molar-refractivity contribution in [1.29, 1.82) is 0 Å². The van der Waals surface area contributed by atoms with Crippen LogP contribution in [0, 0.1) is 0 Å². The molecule has 0 bridgehead atoms. The molecule has 0 aliphatic carbocycles. The minimum absolute atomic E-state index is 0.154. The minimum Gasteiger partial charge on any atom is -0.131 e. The van der Waals surface area contributed by atoms with Crippen LogP contribution in [-0.4, -0.2) is 20.4 Å². The predicted octanol–water partition coefficient (Wildman–Crippen LogP) is 2.88. The molecule has 17 heavy (non-hydrogen) atoms. The molecule has 2 rings (SSSR count). The van der Waals surface area contributed by atoms with Crippen LogP contribution in [0.5, 0.6) is 0 Å². The first-order chi connectivity index (χ1) is 7.98. The topological polar surface area (TPSA) is 51.6 Å². The van der Waals surface area contributed by atoms with E-state index in [1.165, 1.54) is 0 Å². The Balaban J connectivity index is 2.40. The van der Waals surface area contributed by atoms with Crippen LogP contribution in [0.4, 0.5) is 0 Å². The van der Waals surface area contributed by atoms with E-state index in [-0.39, 0.29) is 5.41 Å². The molecule has 0 saturated heterocycles. The number of aromatic nitrogens is 4. The summed E-state index contributed by atoms with van der Waals surface area (Å²) in [6, 6.07) is 7.37. The Hall–Kier alpha value is -1.55. The van der Waals surface area contributed by atoms with Crippen LogP contribution >= 0.6 is 11.6 Å². The molecule has 0 amide bonds. The average Bonchev–Trinajstić information content (AvgIpc) is 2.29. The maximum atomic E-state index is 6.05. The summed E-state index contributed by atoms with van der Waals surface area (Å²) in [4.78, 5) is 0. The van der Waals surface area contributed by atoms with Gasteiger partial charge in [-0.25, -0.2) is 0 Å². The van der Waals surface area contributed by atoms with Crippen molar-refractivity contribution in [3.8, 4) is 11.4 Å². The molecule has 5 heteroatoms. The van der Waals surface area contributed by atoms with Crippen LogP contribution in [0.15, 0.2) is 24.3 Å². The van der Waals surface area contributed by atoms with E-state index < -0.39 is 0 Å². The van der Waals surface area contributed by atoms with Gasteiger partial charge in [0.2, 0.25) is 5.82 Å². The smallest absolute Gasteiger partial charge is 0.131 e. The largest absolute Gasteiger partial charge is 0.205 e. The van der Waals surface area contributed by atoms with E-state index in [1.54, 1.807) is 6.07 Å². The van der Waals surface area contributed by atoms with Crippen molar-refractivity contribution in [2.75, 3.05) is 0 Å². The Labute approximate surface area is 105 Å². The summed E-state index contributed by atoms with van der Waals surface area (Å²) >= 11 is 6.05. The molecule has 0 N–H and O–H groups in total. The van der Waals surface area contributed by atoms with Gasteiger partial charge in [-0.15, -0.1) is 20.4 Å². The first kappa shape index (κ1) is 11.9. The Morgan fingerprint density at radius 3 is 2.06 bits per heavy atom. The molecular weight excluding hydrogens is 236 g/mol. The fraction of sp³-hybridized carbons (Fsp3) is 0.333. The van der Waals surface area contributed by atoms with Crippen LogP contribution in [-0.2, 0) is 5.41 Å². The highest BCUT2D eigenvalue weighted by Gasteiger charge is 2.19. The zero-order valence-corrected chi connectivity index (χ0v) is 10.7. The normalized spacial score (nSPS) is 11.5. The van der Waals surface area contributed by atoms with Crippen molar-refractivity contribution < 1.29 is 0 Å². The van der Waals surface area contributed by atoms with Gasteiger partial charge in [0.05, 0.1) is 5.02 Å². The van der Waals surface area contributed by atoms with Gasteiger partial charge in [0, 0.05) is 11.0 Å². The van der Waals surface area contributed by atoms with Crippen LogP contribution in [0.3, 0.4) is 0 Å². The maximum Gasteiger partial charge on any atom is 0.205 e. The summed E-state index contributed by atoms with van der Waals surface area (Å²) in [5.74, 6) is 1.07. The molecule has 0 aliphatic rings. The summed E-state index contributed by atoms with van der Waals surface area (Å²) in [6.07, 6.45) is 0. The van der Waals surface area contributed by atoms with Gasteiger partial charge in [-0.05, 0) is 12.1 Å². The fourth-order valence-electron chi connectivity index (χ4n) is 1.28. The van der Waals surface area contributed by atoms with Gasteiger partial charge in [0.1, 0.15) is 0 Å². The second-order valence-corrected chi connectivity index (χ2v) is 5.18. The molecule has 4 nitrogen and oxygen atoms in total. The second kappa shape index (κ2) is 4.37. The number of hydrogen-bond donors (Lipinski definition) is 0. The quantitative estimate of drug-likeness (QED) is 0.779. The SMILES string of the molecule is CC(C)(C)c1nnc(-c2ccccc2Cl)nn1. The third-order valence-corrected chi connectivity index (χ3v) is 2.59. The number of hydrogen-bond acceptors (Lipinski definition) is 4. The summed E-state index contributed by atoms with van der Waals surface area (Å²) in [7, 11) is 0. The third-order valence-electron chi connectivity index (χ3n) is 2.26. The summed E-state index contributed by atoms with van der Waals surface area (Å²) in [5.41, 5.74) is 0.591. The van der Waals surface area contributed by atoms with Gasteiger partial charge in [-0.1, -0.05) is 44.5 Å². The van der Waals surface area contributed by atoms with Gasteiger partial charge < -0.3 is 0 Å². The highest BCUT2D eigenvalue weighted by Crippen LogP contribution is 2.24. The lowest BCUT2D eigenvalue weighted by atomic mass is 9.96. The van der Waals surface area contributed by atoms with Gasteiger partial charge in [-0.2, -0.15) is 0 Å². The lowest BCUT2D eigenvalue weighted by Gasteiger charge is -2.14. The molecule has 0 atom stereocenters. The maximum absolute atomic E-state index is 6.05. The number of nitrogens with zero attached hydrogens (tertiary/aromatic N) is 4. The minimum atomic E-state index is -0.154. The molecule has 1 aromatic heterocycles. The van der Waals surface area contributed by atoms with Crippen LogP contribution in [0.2, 0.25) is 5.02 Å². The fourth-order valence-corrected chi connectivity index (χ4v) is 1.50. The van der Waals surface area contributed by atoms with Crippen LogP contribution in [0.25, 0.3) is 11.4 Å². The summed E-state index contributed by atoms with van der Waals surface area (Å²) in [6.45, 7) is 6.04. The summed E-state index contributed by atoms with van der Waals surface area (Å²) < 4.78 is 0. The number of benzene rings is 1. The molecule has 0 fully saturated rings. The molecule has 0 aliphatic heterocycles. The van der Waals surface area contributed by atoms with E-state index in [9.17, 15) is 0 Å². The molecule has 0 spiro atoms. The van der Waals surface area contributed by atoms with E-state index in [1.807, 2.05) is 39.0 Å². The van der Waals surface area contributed by atoms with Crippen LogP contribution < -0.4 is 0 Å². The highest BCUT2D eigenvalue weighted by molar-refractivity contribution is 6.33. The Kier molecular flexibility index (Phi) is 3.07. The molecule has 0 radical (unpaired) electrons. The zero-order valence-electron chi connectivity index (χ0n) is 9.98. The number of halogens is 1. The Bertz CT molecular complexity index is 517. The summed E-state index contributed by atoms with van der Waals surface area (Å²) in [5, 5.41) is 16.9. The highest BCUT2D eigenvalue weighted by atomic mass is 35.5. The molecule has 0 saturated carbocycles. The molecule has 88 valence electrons. The Morgan fingerprint density at radius 1 is 0.941 bits per heavy atom. The lowest BCUT2D eigenvalue weighted by molar-refractivity contribution is 0.519. The molecular formula is C12H13ClN4. The van der Waals surface area contributed by atoms with E-state index in [0.717, 1.165) is 5.56 Å². The van der Waals surface area contributed by atoms with Crippen molar-refractivity contribution in [2.45, 2.75) is 26.2 Å².